The van der Waals surface area contributed by atoms with E-state index in [-0.39, 0.29) is 0 Å². The second kappa shape index (κ2) is 7.35. The molecule has 1 N–H and O–H groups in total. The second-order valence-electron chi connectivity index (χ2n) is 3.80. The first kappa shape index (κ1) is 11.7. The van der Waals surface area contributed by atoms with Gasteiger partial charge in [-0.2, -0.15) is 0 Å². The van der Waals surface area contributed by atoms with Gasteiger partial charge in [0.15, 0.2) is 0 Å². The van der Waals surface area contributed by atoms with Crippen molar-refractivity contribution < 1.29 is 0 Å². The van der Waals surface area contributed by atoms with Crippen LogP contribution in [0.25, 0.3) is 0 Å². The molecule has 0 aromatic rings. The van der Waals surface area contributed by atoms with Gasteiger partial charge in [0.25, 0.3) is 0 Å². The fourth-order valence-corrected chi connectivity index (χ4v) is 1.37. The molecule has 0 bridgehead atoms. The molecule has 0 fully saturated rings. The van der Waals surface area contributed by atoms with Crippen molar-refractivity contribution in [2.75, 3.05) is 13.1 Å². The van der Waals surface area contributed by atoms with Crippen LogP contribution in [0.15, 0.2) is 12.7 Å². The maximum atomic E-state index is 3.67. The van der Waals surface area contributed by atoms with Gasteiger partial charge in [-0.25, -0.2) is 0 Å². The average molecular weight is 169 g/mol. The molecule has 0 aliphatic carbocycles. The molecule has 1 nitrogen and oxygen atoms in total. The van der Waals surface area contributed by atoms with Crippen LogP contribution in [0.4, 0.5) is 0 Å². The summed E-state index contributed by atoms with van der Waals surface area (Å²) < 4.78 is 0. The van der Waals surface area contributed by atoms with Crippen LogP contribution in [0.3, 0.4) is 0 Å². The average Bonchev–Trinajstić information content (AvgIpc) is 2.05. The molecule has 0 aromatic heterocycles. The van der Waals surface area contributed by atoms with E-state index in [1.165, 1.54) is 12.8 Å². The maximum absolute atomic E-state index is 3.67. The van der Waals surface area contributed by atoms with Crippen LogP contribution in [-0.4, -0.2) is 13.1 Å². The highest BCUT2D eigenvalue weighted by Crippen LogP contribution is 2.13. The molecule has 0 aliphatic heterocycles. The minimum Gasteiger partial charge on any atom is -0.313 e. The minimum atomic E-state index is 0.792. The smallest absolute Gasteiger partial charge is 0.0132 e. The van der Waals surface area contributed by atoms with E-state index in [2.05, 4.69) is 32.7 Å². The summed E-state index contributed by atoms with van der Waals surface area (Å²) in [6.07, 6.45) is 4.54. The number of nitrogens with one attached hydrogen (secondary N) is 1. The topological polar surface area (TPSA) is 12.0 Å². The monoisotopic (exact) mass is 169 g/mol. The van der Waals surface area contributed by atoms with E-state index < -0.39 is 0 Å². The van der Waals surface area contributed by atoms with Gasteiger partial charge in [-0.15, -0.1) is 6.58 Å². The molecule has 0 amide bonds. The molecule has 2 unspecified atom stereocenters. The molecule has 0 aromatic carbocycles. The Labute approximate surface area is 77.2 Å². The zero-order valence-corrected chi connectivity index (χ0v) is 8.77. The van der Waals surface area contributed by atoms with Crippen molar-refractivity contribution in [3.8, 4) is 0 Å². The Kier molecular flexibility index (Phi) is 7.17. The highest BCUT2D eigenvalue weighted by Gasteiger charge is 2.05. The summed E-state index contributed by atoms with van der Waals surface area (Å²) in [6.45, 7) is 12.6. The maximum Gasteiger partial charge on any atom is 0.0132 e. The van der Waals surface area contributed by atoms with E-state index in [4.69, 9.17) is 0 Å². The van der Waals surface area contributed by atoms with Crippen LogP contribution >= 0.6 is 0 Å². The highest BCUT2D eigenvalue weighted by molar-refractivity contribution is 4.71. The molecule has 0 saturated heterocycles. The first-order chi connectivity index (χ1) is 5.70. The van der Waals surface area contributed by atoms with Crippen molar-refractivity contribution in [1.29, 1.82) is 0 Å². The SMILES string of the molecule is C=CCNCC(C)CC(C)CC. The Hall–Kier alpha value is -0.300. The summed E-state index contributed by atoms with van der Waals surface area (Å²) in [5.41, 5.74) is 0. The molecule has 72 valence electrons. The second-order valence-corrected chi connectivity index (χ2v) is 3.80. The predicted octanol–water partition coefficient (Wildman–Crippen LogP) is 2.83. The van der Waals surface area contributed by atoms with E-state index in [9.17, 15) is 0 Å². The summed E-state index contributed by atoms with van der Waals surface area (Å²) >= 11 is 0. The van der Waals surface area contributed by atoms with Crippen LogP contribution in [0.2, 0.25) is 0 Å². The number of hydrogen-bond acceptors (Lipinski definition) is 1. The van der Waals surface area contributed by atoms with Crippen LogP contribution in [-0.2, 0) is 0 Å². The quantitative estimate of drug-likeness (QED) is 0.456. The molecule has 0 heterocycles. The Balaban J connectivity index is 3.32. The van der Waals surface area contributed by atoms with Gasteiger partial charge in [-0.1, -0.05) is 33.3 Å². The largest absolute Gasteiger partial charge is 0.313 e. The Bertz CT molecular complexity index is 110. The lowest BCUT2D eigenvalue weighted by Gasteiger charge is -2.15. The van der Waals surface area contributed by atoms with Crippen molar-refractivity contribution in [1.82, 2.24) is 5.32 Å². The van der Waals surface area contributed by atoms with Gasteiger partial charge in [0, 0.05) is 6.54 Å². The van der Waals surface area contributed by atoms with Gasteiger partial charge in [0.05, 0.1) is 0 Å². The molecular weight excluding hydrogens is 146 g/mol. The van der Waals surface area contributed by atoms with E-state index in [0.29, 0.717) is 0 Å². The van der Waals surface area contributed by atoms with Crippen LogP contribution in [0, 0.1) is 11.8 Å². The molecule has 0 aliphatic rings. The van der Waals surface area contributed by atoms with Crippen LogP contribution < -0.4 is 5.32 Å². The zero-order chi connectivity index (χ0) is 9.40. The first-order valence-electron chi connectivity index (χ1n) is 5.02. The van der Waals surface area contributed by atoms with Gasteiger partial charge < -0.3 is 5.32 Å². The fraction of sp³-hybridized carbons (Fsp3) is 0.818. The zero-order valence-electron chi connectivity index (χ0n) is 8.77. The minimum absolute atomic E-state index is 0.792. The van der Waals surface area contributed by atoms with Gasteiger partial charge in [-0.3, -0.25) is 0 Å². The third kappa shape index (κ3) is 6.41. The van der Waals surface area contributed by atoms with Crippen molar-refractivity contribution >= 4 is 0 Å². The van der Waals surface area contributed by atoms with Crippen LogP contribution in [0.1, 0.15) is 33.6 Å². The molecule has 12 heavy (non-hydrogen) atoms. The molecule has 1 heteroatoms. The Morgan fingerprint density at radius 3 is 2.50 bits per heavy atom. The lowest BCUT2D eigenvalue weighted by molar-refractivity contribution is 0.393. The van der Waals surface area contributed by atoms with Gasteiger partial charge >= 0.3 is 0 Å². The Morgan fingerprint density at radius 2 is 2.00 bits per heavy atom. The third-order valence-corrected chi connectivity index (χ3v) is 2.28. The fourth-order valence-electron chi connectivity index (χ4n) is 1.37. The Morgan fingerprint density at radius 1 is 1.33 bits per heavy atom. The summed E-state index contributed by atoms with van der Waals surface area (Å²) in [7, 11) is 0. The van der Waals surface area contributed by atoms with E-state index in [1.54, 1.807) is 0 Å². The highest BCUT2D eigenvalue weighted by atomic mass is 14.8. The number of hydrogen-bond donors (Lipinski definition) is 1. The van der Waals surface area contributed by atoms with Gasteiger partial charge in [0.2, 0.25) is 0 Å². The van der Waals surface area contributed by atoms with Crippen molar-refractivity contribution in [2.24, 2.45) is 11.8 Å². The van der Waals surface area contributed by atoms with Crippen molar-refractivity contribution in [3.05, 3.63) is 12.7 Å². The standard InChI is InChI=1S/C11H23N/c1-5-7-12-9-11(4)8-10(3)6-2/h5,10-12H,1,6-9H2,2-4H3. The molecule has 0 spiro atoms. The van der Waals surface area contributed by atoms with E-state index in [0.717, 1.165) is 24.9 Å². The summed E-state index contributed by atoms with van der Waals surface area (Å²) in [6, 6.07) is 0. The lowest BCUT2D eigenvalue weighted by atomic mass is 9.95. The third-order valence-electron chi connectivity index (χ3n) is 2.28. The molecule has 0 rings (SSSR count). The summed E-state index contributed by atoms with van der Waals surface area (Å²) in [5, 5.41) is 3.35. The van der Waals surface area contributed by atoms with Gasteiger partial charge in [0.1, 0.15) is 0 Å². The first-order valence-corrected chi connectivity index (χ1v) is 5.02. The molecule has 0 radical (unpaired) electrons. The summed E-state index contributed by atoms with van der Waals surface area (Å²) in [5.74, 6) is 1.66. The predicted molar refractivity (Wildman–Crippen MR) is 56.3 cm³/mol. The normalized spacial score (nSPS) is 15.6. The van der Waals surface area contributed by atoms with E-state index >= 15 is 0 Å². The lowest BCUT2D eigenvalue weighted by Crippen LogP contribution is -2.22. The summed E-state index contributed by atoms with van der Waals surface area (Å²) in [4.78, 5) is 0. The van der Waals surface area contributed by atoms with E-state index in [1.807, 2.05) is 6.08 Å². The molecule has 0 saturated carbocycles. The van der Waals surface area contributed by atoms with Crippen molar-refractivity contribution in [2.45, 2.75) is 33.6 Å². The number of rotatable bonds is 7. The molecule has 2 atom stereocenters. The molecular formula is C11H23N. The van der Waals surface area contributed by atoms with Crippen LogP contribution in [0.5, 0.6) is 0 Å². The van der Waals surface area contributed by atoms with Crippen molar-refractivity contribution in [3.63, 3.8) is 0 Å². The van der Waals surface area contributed by atoms with Gasteiger partial charge in [-0.05, 0) is 24.8 Å².